The van der Waals surface area contributed by atoms with Crippen LogP contribution < -0.4 is 5.32 Å². The number of hydrogen-bond donors (Lipinski definition) is 1. The molecule has 0 saturated heterocycles. The number of aromatic nitrogens is 1. The fraction of sp³-hybridized carbons (Fsp3) is 0.294. The van der Waals surface area contributed by atoms with Gasteiger partial charge in [0, 0.05) is 25.1 Å². The summed E-state index contributed by atoms with van der Waals surface area (Å²) in [6, 6.07) is 8.23. The molecule has 2 rings (SSSR count). The molecule has 0 aliphatic rings. The summed E-state index contributed by atoms with van der Waals surface area (Å²) < 4.78 is 38.0. The molecule has 0 aliphatic heterocycles. The number of carbonyl (C=O) groups is 1. The number of benzene rings is 1. The quantitative estimate of drug-likeness (QED) is 0.904. The summed E-state index contributed by atoms with van der Waals surface area (Å²) in [4.78, 5) is 17.8. The third-order valence-electron chi connectivity index (χ3n) is 3.77. The van der Waals surface area contributed by atoms with Crippen LogP contribution in [0.5, 0.6) is 0 Å². The monoisotopic (exact) mass is 337 g/mol. The number of rotatable bonds is 5. The Bertz CT molecular complexity index is 689. The Hall–Kier alpha value is -2.57. The van der Waals surface area contributed by atoms with Crippen LogP contribution in [0.25, 0.3) is 0 Å². The number of hydrogen-bond acceptors (Lipinski definition) is 3. The smallest absolute Gasteiger partial charge is 0.376 e. The van der Waals surface area contributed by atoms with E-state index >= 15 is 0 Å². The minimum Gasteiger partial charge on any atom is -0.376 e. The summed E-state index contributed by atoms with van der Waals surface area (Å²) in [6.45, 7) is 1.77. The molecule has 0 bridgehead atoms. The van der Waals surface area contributed by atoms with Crippen molar-refractivity contribution < 1.29 is 18.0 Å². The van der Waals surface area contributed by atoms with Crippen LogP contribution in [-0.4, -0.2) is 29.4 Å². The van der Waals surface area contributed by atoms with Crippen molar-refractivity contribution >= 4 is 11.6 Å². The van der Waals surface area contributed by atoms with Crippen LogP contribution in [0, 0.1) is 0 Å². The SMILES string of the molecule is C[C@@H](c1cccnc1)N(C)C(=O)CNc1cccc(C(F)(F)F)c1. The summed E-state index contributed by atoms with van der Waals surface area (Å²) in [6.07, 6.45) is -1.09. The van der Waals surface area contributed by atoms with Gasteiger partial charge in [0.05, 0.1) is 18.2 Å². The third kappa shape index (κ3) is 4.47. The van der Waals surface area contributed by atoms with Crippen LogP contribution >= 0.6 is 0 Å². The molecule has 0 spiro atoms. The molecule has 0 aliphatic carbocycles. The zero-order valence-corrected chi connectivity index (χ0v) is 13.3. The van der Waals surface area contributed by atoms with Crippen LogP contribution in [-0.2, 0) is 11.0 Å². The van der Waals surface area contributed by atoms with Crippen molar-refractivity contribution in [2.75, 3.05) is 18.9 Å². The maximum atomic E-state index is 12.7. The van der Waals surface area contributed by atoms with Crippen molar-refractivity contribution in [1.29, 1.82) is 0 Å². The van der Waals surface area contributed by atoms with E-state index in [1.807, 2.05) is 13.0 Å². The molecule has 7 heteroatoms. The second-order valence-corrected chi connectivity index (χ2v) is 5.40. The van der Waals surface area contributed by atoms with Crippen molar-refractivity contribution in [3.63, 3.8) is 0 Å². The van der Waals surface area contributed by atoms with Gasteiger partial charge in [0.2, 0.25) is 5.91 Å². The van der Waals surface area contributed by atoms with E-state index in [1.165, 1.54) is 17.0 Å². The van der Waals surface area contributed by atoms with Gasteiger partial charge in [-0.25, -0.2) is 0 Å². The number of amides is 1. The van der Waals surface area contributed by atoms with Gasteiger partial charge in [0.1, 0.15) is 0 Å². The number of carbonyl (C=O) groups excluding carboxylic acids is 1. The molecule has 0 fully saturated rings. The highest BCUT2D eigenvalue weighted by molar-refractivity contribution is 5.81. The molecule has 0 saturated carbocycles. The van der Waals surface area contributed by atoms with Gasteiger partial charge in [-0.1, -0.05) is 12.1 Å². The van der Waals surface area contributed by atoms with E-state index < -0.39 is 11.7 Å². The van der Waals surface area contributed by atoms with Crippen LogP contribution in [0.1, 0.15) is 24.1 Å². The van der Waals surface area contributed by atoms with E-state index in [1.54, 1.807) is 25.5 Å². The van der Waals surface area contributed by atoms with Crippen LogP contribution in [0.15, 0.2) is 48.8 Å². The molecule has 24 heavy (non-hydrogen) atoms. The van der Waals surface area contributed by atoms with Crippen LogP contribution in [0.3, 0.4) is 0 Å². The average molecular weight is 337 g/mol. The van der Waals surface area contributed by atoms with E-state index in [4.69, 9.17) is 0 Å². The zero-order chi connectivity index (χ0) is 17.7. The van der Waals surface area contributed by atoms with Gasteiger partial charge in [-0.3, -0.25) is 9.78 Å². The van der Waals surface area contributed by atoms with Crippen molar-refractivity contribution in [3.8, 4) is 0 Å². The molecule has 0 radical (unpaired) electrons. The highest BCUT2D eigenvalue weighted by atomic mass is 19.4. The standard InChI is InChI=1S/C17H18F3N3O/c1-12(13-5-4-8-21-10-13)23(2)16(24)11-22-15-7-3-6-14(9-15)17(18,19)20/h3-10,12,22H,11H2,1-2H3/t12-/m0/s1. The Kier molecular flexibility index (Phi) is 5.43. The minimum atomic E-state index is -4.41. The van der Waals surface area contributed by atoms with Crippen molar-refractivity contribution in [2.24, 2.45) is 0 Å². The number of likely N-dealkylation sites (N-methyl/N-ethyl adjacent to an activating group) is 1. The highest BCUT2D eigenvalue weighted by Crippen LogP contribution is 2.30. The number of nitrogens with one attached hydrogen (secondary N) is 1. The van der Waals surface area contributed by atoms with Gasteiger partial charge in [-0.15, -0.1) is 0 Å². The van der Waals surface area contributed by atoms with E-state index in [9.17, 15) is 18.0 Å². The number of pyridine rings is 1. The fourth-order valence-corrected chi connectivity index (χ4v) is 2.17. The highest BCUT2D eigenvalue weighted by Gasteiger charge is 2.30. The summed E-state index contributed by atoms with van der Waals surface area (Å²) in [5.74, 6) is -0.233. The zero-order valence-electron chi connectivity index (χ0n) is 13.3. The maximum absolute atomic E-state index is 12.7. The van der Waals surface area contributed by atoms with Crippen molar-refractivity contribution in [3.05, 3.63) is 59.9 Å². The van der Waals surface area contributed by atoms with Crippen molar-refractivity contribution in [2.45, 2.75) is 19.1 Å². The predicted octanol–water partition coefficient (Wildman–Crippen LogP) is 3.73. The molecule has 1 N–H and O–H groups in total. The second-order valence-electron chi connectivity index (χ2n) is 5.40. The molecule has 1 heterocycles. The van der Waals surface area contributed by atoms with E-state index in [0.29, 0.717) is 0 Å². The van der Waals surface area contributed by atoms with E-state index in [2.05, 4.69) is 10.3 Å². The van der Waals surface area contributed by atoms with Gasteiger partial charge < -0.3 is 10.2 Å². The lowest BCUT2D eigenvalue weighted by atomic mass is 10.1. The molecule has 1 aromatic heterocycles. The summed E-state index contributed by atoms with van der Waals surface area (Å²) in [5.41, 5.74) is 0.380. The van der Waals surface area contributed by atoms with Gasteiger partial charge in [0.15, 0.2) is 0 Å². The molecule has 1 amide bonds. The first-order chi connectivity index (χ1) is 11.3. The predicted molar refractivity (Wildman–Crippen MR) is 85.4 cm³/mol. The van der Waals surface area contributed by atoms with E-state index in [0.717, 1.165) is 17.7 Å². The lowest BCUT2D eigenvalue weighted by Gasteiger charge is -2.25. The fourth-order valence-electron chi connectivity index (χ4n) is 2.17. The summed E-state index contributed by atoms with van der Waals surface area (Å²) in [7, 11) is 1.65. The lowest BCUT2D eigenvalue weighted by molar-refractivity contribution is -0.137. The van der Waals surface area contributed by atoms with Gasteiger partial charge in [-0.05, 0) is 36.8 Å². The Morgan fingerprint density at radius 2 is 2.04 bits per heavy atom. The van der Waals surface area contributed by atoms with Crippen LogP contribution in [0.2, 0.25) is 0 Å². The number of alkyl halides is 3. The Balaban J connectivity index is 1.98. The first kappa shape index (κ1) is 17.8. The molecular weight excluding hydrogens is 319 g/mol. The first-order valence-electron chi connectivity index (χ1n) is 7.36. The minimum absolute atomic E-state index is 0.0948. The van der Waals surface area contributed by atoms with Gasteiger partial charge in [-0.2, -0.15) is 13.2 Å². The van der Waals surface area contributed by atoms with Crippen molar-refractivity contribution in [1.82, 2.24) is 9.88 Å². The third-order valence-corrected chi connectivity index (χ3v) is 3.77. The Morgan fingerprint density at radius 1 is 1.29 bits per heavy atom. The molecule has 1 aromatic carbocycles. The lowest BCUT2D eigenvalue weighted by Crippen LogP contribution is -2.34. The summed E-state index contributed by atoms with van der Waals surface area (Å²) >= 11 is 0. The van der Waals surface area contributed by atoms with Gasteiger partial charge in [0.25, 0.3) is 0 Å². The molecular formula is C17H18F3N3O. The number of nitrogens with zero attached hydrogens (tertiary/aromatic N) is 2. The molecule has 128 valence electrons. The number of halogens is 3. The topological polar surface area (TPSA) is 45.2 Å². The molecule has 0 unspecified atom stereocenters. The average Bonchev–Trinajstić information content (AvgIpc) is 2.58. The summed E-state index contributed by atoms with van der Waals surface area (Å²) in [5, 5.41) is 2.74. The largest absolute Gasteiger partial charge is 0.416 e. The van der Waals surface area contributed by atoms with E-state index in [-0.39, 0.29) is 24.2 Å². The first-order valence-corrected chi connectivity index (χ1v) is 7.36. The second kappa shape index (κ2) is 7.33. The van der Waals surface area contributed by atoms with Crippen LogP contribution in [0.4, 0.5) is 18.9 Å². The Morgan fingerprint density at radius 3 is 2.67 bits per heavy atom. The number of anilines is 1. The molecule has 2 aromatic rings. The normalized spacial score (nSPS) is 12.5. The Labute approximate surface area is 138 Å². The maximum Gasteiger partial charge on any atom is 0.416 e. The van der Waals surface area contributed by atoms with Gasteiger partial charge >= 0.3 is 6.18 Å². The molecule has 1 atom stereocenters. The molecule has 4 nitrogen and oxygen atoms in total.